The molecule has 0 radical (unpaired) electrons. The van der Waals surface area contributed by atoms with Crippen LogP contribution in [0.4, 0.5) is 0 Å². The lowest BCUT2D eigenvalue weighted by atomic mass is 10.1. The van der Waals surface area contributed by atoms with Crippen LogP contribution in [0, 0.1) is 13.8 Å². The monoisotopic (exact) mass is 247 g/mol. The number of aliphatic hydroxyl groups excluding tert-OH is 1. The molecule has 2 rings (SSSR count). The number of pyridine rings is 1. The van der Waals surface area contributed by atoms with Crippen LogP contribution in [0.3, 0.4) is 0 Å². The van der Waals surface area contributed by atoms with Crippen LogP contribution in [0.25, 0.3) is 11.5 Å². The summed E-state index contributed by atoms with van der Waals surface area (Å²) in [5.41, 5.74) is 2.87. The van der Waals surface area contributed by atoms with Crippen LogP contribution in [0.15, 0.2) is 16.8 Å². The van der Waals surface area contributed by atoms with Gasteiger partial charge in [0.1, 0.15) is 5.69 Å². The van der Waals surface area contributed by atoms with Crippen LogP contribution in [0.5, 0.6) is 0 Å². The van der Waals surface area contributed by atoms with Gasteiger partial charge in [0.25, 0.3) is 0 Å². The van der Waals surface area contributed by atoms with E-state index in [2.05, 4.69) is 15.1 Å². The average Bonchev–Trinajstić information content (AvgIpc) is 2.75. The summed E-state index contributed by atoms with van der Waals surface area (Å²) in [6.45, 7) is 5.71. The summed E-state index contributed by atoms with van der Waals surface area (Å²) in [6.07, 6.45) is 2.62. The molecule has 0 fully saturated rings. The normalized spacial score (nSPS) is 12.7. The van der Waals surface area contributed by atoms with E-state index in [0.717, 1.165) is 16.8 Å². The summed E-state index contributed by atoms with van der Waals surface area (Å²) in [5, 5.41) is 13.1. The first-order chi connectivity index (χ1) is 8.56. The number of hydrogen-bond acceptors (Lipinski definition) is 5. The molecule has 96 valence electrons. The highest BCUT2D eigenvalue weighted by molar-refractivity contribution is 5.53. The van der Waals surface area contributed by atoms with Gasteiger partial charge in [-0.1, -0.05) is 11.2 Å². The molecule has 2 aromatic heterocycles. The molecule has 5 nitrogen and oxygen atoms in total. The molecule has 0 aliphatic rings. The molecule has 18 heavy (non-hydrogen) atoms. The van der Waals surface area contributed by atoms with E-state index >= 15 is 0 Å². The fraction of sp³-hybridized carbons (Fsp3) is 0.462. The van der Waals surface area contributed by atoms with E-state index in [1.54, 1.807) is 13.1 Å². The number of aromatic nitrogens is 3. The highest BCUT2D eigenvalue weighted by Crippen LogP contribution is 2.18. The van der Waals surface area contributed by atoms with Crippen molar-refractivity contribution >= 4 is 0 Å². The Morgan fingerprint density at radius 1 is 1.39 bits per heavy atom. The SMILES string of the molecule is Cc1cnc(-c2noc(CCC(C)O)n2)c(C)c1. The third-order valence-corrected chi connectivity index (χ3v) is 2.67. The van der Waals surface area contributed by atoms with E-state index in [9.17, 15) is 5.11 Å². The van der Waals surface area contributed by atoms with Crippen molar-refractivity contribution in [3.05, 3.63) is 29.3 Å². The molecule has 2 heterocycles. The lowest BCUT2D eigenvalue weighted by Gasteiger charge is -2.00. The second kappa shape index (κ2) is 5.27. The lowest BCUT2D eigenvalue weighted by Crippen LogP contribution is -2.01. The number of aryl methyl sites for hydroxylation is 3. The number of aliphatic hydroxyl groups is 1. The quantitative estimate of drug-likeness (QED) is 0.895. The molecule has 0 aliphatic heterocycles. The topological polar surface area (TPSA) is 72.0 Å². The number of rotatable bonds is 4. The molecule has 1 unspecified atom stereocenters. The smallest absolute Gasteiger partial charge is 0.227 e. The molecule has 5 heteroatoms. The second-order valence-electron chi connectivity index (χ2n) is 4.58. The zero-order valence-corrected chi connectivity index (χ0v) is 10.8. The van der Waals surface area contributed by atoms with Crippen molar-refractivity contribution in [3.8, 4) is 11.5 Å². The van der Waals surface area contributed by atoms with Crippen LogP contribution in [-0.4, -0.2) is 26.3 Å². The summed E-state index contributed by atoms with van der Waals surface area (Å²) in [5.74, 6) is 1.04. The van der Waals surface area contributed by atoms with Crippen molar-refractivity contribution in [3.63, 3.8) is 0 Å². The van der Waals surface area contributed by atoms with Crippen LogP contribution >= 0.6 is 0 Å². The van der Waals surface area contributed by atoms with Gasteiger partial charge in [-0.2, -0.15) is 4.98 Å². The van der Waals surface area contributed by atoms with E-state index in [0.29, 0.717) is 24.6 Å². The predicted molar refractivity (Wildman–Crippen MR) is 67.0 cm³/mol. The minimum atomic E-state index is -0.361. The van der Waals surface area contributed by atoms with Crippen molar-refractivity contribution in [1.29, 1.82) is 0 Å². The Morgan fingerprint density at radius 2 is 2.17 bits per heavy atom. The van der Waals surface area contributed by atoms with Gasteiger partial charge in [-0.3, -0.25) is 4.98 Å². The zero-order chi connectivity index (χ0) is 13.1. The lowest BCUT2D eigenvalue weighted by molar-refractivity contribution is 0.180. The molecule has 0 bridgehead atoms. The van der Waals surface area contributed by atoms with E-state index in [1.165, 1.54) is 0 Å². The van der Waals surface area contributed by atoms with Crippen LogP contribution in [0.1, 0.15) is 30.4 Å². The van der Waals surface area contributed by atoms with Gasteiger partial charge in [0.2, 0.25) is 11.7 Å². The fourth-order valence-corrected chi connectivity index (χ4v) is 1.73. The van der Waals surface area contributed by atoms with Gasteiger partial charge in [-0.25, -0.2) is 0 Å². The maximum absolute atomic E-state index is 9.21. The van der Waals surface area contributed by atoms with Crippen LogP contribution in [0.2, 0.25) is 0 Å². The first kappa shape index (κ1) is 12.7. The molecule has 0 aromatic carbocycles. The molecule has 0 amide bonds. The van der Waals surface area contributed by atoms with Gasteiger partial charge in [-0.05, 0) is 38.3 Å². The first-order valence-electron chi connectivity index (χ1n) is 6.00. The van der Waals surface area contributed by atoms with Gasteiger partial charge in [-0.15, -0.1) is 0 Å². The van der Waals surface area contributed by atoms with Gasteiger partial charge < -0.3 is 9.63 Å². The summed E-state index contributed by atoms with van der Waals surface area (Å²) in [4.78, 5) is 8.61. The second-order valence-corrected chi connectivity index (χ2v) is 4.58. The Bertz CT molecular complexity index is 535. The Morgan fingerprint density at radius 3 is 2.83 bits per heavy atom. The minimum Gasteiger partial charge on any atom is -0.393 e. The molecular formula is C13H17N3O2. The first-order valence-corrected chi connectivity index (χ1v) is 6.00. The highest BCUT2D eigenvalue weighted by Gasteiger charge is 2.12. The molecule has 2 aromatic rings. The summed E-state index contributed by atoms with van der Waals surface area (Å²) in [6, 6.07) is 2.04. The van der Waals surface area contributed by atoms with Crippen molar-refractivity contribution in [2.45, 2.75) is 39.7 Å². The zero-order valence-electron chi connectivity index (χ0n) is 10.8. The molecule has 1 N–H and O–H groups in total. The molecule has 0 saturated carbocycles. The van der Waals surface area contributed by atoms with E-state index in [-0.39, 0.29) is 6.10 Å². The molecule has 0 saturated heterocycles. The minimum absolute atomic E-state index is 0.361. The number of nitrogens with zero attached hydrogens (tertiary/aromatic N) is 3. The van der Waals surface area contributed by atoms with E-state index in [4.69, 9.17) is 4.52 Å². The summed E-state index contributed by atoms with van der Waals surface area (Å²) < 4.78 is 5.14. The van der Waals surface area contributed by atoms with Crippen molar-refractivity contribution in [2.24, 2.45) is 0 Å². The Kier molecular flexibility index (Phi) is 3.72. The van der Waals surface area contributed by atoms with Crippen LogP contribution in [-0.2, 0) is 6.42 Å². The van der Waals surface area contributed by atoms with E-state index in [1.807, 2.05) is 19.9 Å². The number of hydrogen-bond donors (Lipinski definition) is 1. The maximum atomic E-state index is 9.21. The Hall–Kier alpha value is -1.75. The van der Waals surface area contributed by atoms with Crippen molar-refractivity contribution < 1.29 is 9.63 Å². The molecule has 1 atom stereocenters. The summed E-state index contributed by atoms with van der Waals surface area (Å²) >= 11 is 0. The molecule has 0 spiro atoms. The fourth-order valence-electron chi connectivity index (χ4n) is 1.73. The Labute approximate surface area is 106 Å². The van der Waals surface area contributed by atoms with Gasteiger partial charge in [0, 0.05) is 12.6 Å². The summed E-state index contributed by atoms with van der Waals surface area (Å²) in [7, 11) is 0. The van der Waals surface area contributed by atoms with Gasteiger partial charge >= 0.3 is 0 Å². The third kappa shape index (κ3) is 2.92. The maximum Gasteiger partial charge on any atom is 0.227 e. The van der Waals surface area contributed by atoms with Gasteiger partial charge in [0.05, 0.1) is 6.10 Å². The standard InChI is InChI=1S/C13H17N3O2/c1-8-6-9(2)12(14-7-8)13-15-11(18-16-13)5-4-10(3)17/h6-7,10,17H,4-5H2,1-3H3. The Balaban J connectivity index is 2.18. The predicted octanol–water partition coefficient (Wildman–Crippen LogP) is 2.06. The van der Waals surface area contributed by atoms with Crippen molar-refractivity contribution in [2.75, 3.05) is 0 Å². The largest absolute Gasteiger partial charge is 0.393 e. The third-order valence-electron chi connectivity index (χ3n) is 2.67. The van der Waals surface area contributed by atoms with Gasteiger partial charge in [0.15, 0.2) is 0 Å². The van der Waals surface area contributed by atoms with E-state index < -0.39 is 0 Å². The molecule has 0 aliphatic carbocycles. The molecular weight excluding hydrogens is 230 g/mol. The highest BCUT2D eigenvalue weighted by atomic mass is 16.5. The van der Waals surface area contributed by atoms with Crippen LogP contribution < -0.4 is 0 Å². The average molecular weight is 247 g/mol. The van der Waals surface area contributed by atoms with Crippen molar-refractivity contribution in [1.82, 2.24) is 15.1 Å².